The first kappa shape index (κ1) is 17.1. The molecule has 4 aromatic rings. The molecule has 0 aliphatic carbocycles. The van der Waals surface area contributed by atoms with Crippen molar-refractivity contribution in [3.8, 4) is 11.6 Å². The van der Waals surface area contributed by atoms with Gasteiger partial charge < -0.3 is 0 Å². The Balaban J connectivity index is 1.73. The Morgan fingerprint density at radius 1 is 0.667 bits per heavy atom. The van der Waals surface area contributed by atoms with E-state index in [4.69, 9.17) is 9.97 Å². The van der Waals surface area contributed by atoms with Crippen LogP contribution in [-0.2, 0) is 5.41 Å². The molecule has 0 bridgehead atoms. The van der Waals surface area contributed by atoms with Gasteiger partial charge in [-0.3, -0.25) is 0 Å². The highest BCUT2D eigenvalue weighted by Gasteiger charge is 2.27. The molecule has 0 radical (unpaired) electrons. The highest BCUT2D eigenvalue weighted by molar-refractivity contribution is 5.36. The first-order chi connectivity index (χ1) is 12.9. The van der Waals surface area contributed by atoms with Crippen LogP contribution in [0.1, 0.15) is 36.6 Å². The van der Waals surface area contributed by atoms with Crippen LogP contribution in [0.4, 0.5) is 0 Å². The number of hydrogen-bond acceptors (Lipinski definition) is 4. The molecular formula is C21H22N6. The van der Waals surface area contributed by atoms with Gasteiger partial charge in [0.1, 0.15) is 0 Å². The highest BCUT2D eigenvalue weighted by atomic mass is 15.3. The van der Waals surface area contributed by atoms with Gasteiger partial charge in [-0.05, 0) is 64.1 Å². The zero-order chi connectivity index (χ0) is 19.0. The molecule has 0 N–H and O–H groups in total. The van der Waals surface area contributed by atoms with Gasteiger partial charge in [0.15, 0.2) is 11.6 Å². The molecule has 0 spiro atoms. The van der Waals surface area contributed by atoms with Crippen molar-refractivity contribution >= 4 is 0 Å². The molecule has 136 valence electrons. The molecule has 4 heterocycles. The third-order valence-electron chi connectivity index (χ3n) is 4.66. The van der Waals surface area contributed by atoms with Crippen molar-refractivity contribution < 1.29 is 0 Å². The second-order valence-electron chi connectivity index (χ2n) is 7.19. The molecule has 0 amide bonds. The monoisotopic (exact) mass is 358 g/mol. The number of hydrogen-bond donors (Lipinski definition) is 0. The molecule has 0 aliphatic heterocycles. The van der Waals surface area contributed by atoms with Crippen LogP contribution in [0, 0.1) is 13.8 Å². The third kappa shape index (κ3) is 3.26. The normalized spacial score (nSPS) is 11.7. The van der Waals surface area contributed by atoms with Crippen LogP contribution < -0.4 is 0 Å². The molecular weight excluding hydrogens is 336 g/mol. The minimum atomic E-state index is -0.365. The van der Waals surface area contributed by atoms with Crippen molar-refractivity contribution in [3.05, 3.63) is 83.7 Å². The van der Waals surface area contributed by atoms with Crippen molar-refractivity contribution in [1.29, 1.82) is 0 Å². The molecule has 0 saturated carbocycles. The van der Waals surface area contributed by atoms with Crippen LogP contribution in [0.2, 0.25) is 0 Å². The molecule has 4 rings (SSSR count). The average Bonchev–Trinajstić information content (AvgIpc) is 3.30. The number of pyridine rings is 2. The molecule has 6 heteroatoms. The smallest absolute Gasteiger partial charge is 0.153 e. The van der Waals surface area contributed by atoms with Gasteiger partial charge >= 0.3 is 0 Å². The van der Waals surface area contributed by atoms with Crippen molar-refractivity contribution in [1.82, 2.24) is 29.5 Å². The summed E-state index contributed by atoms with van der Waals surface area (Å²) < 4.78 is 3.59. The Hall–Kier alpha value is -3.28. The summed E-state index contributed by atoms with van der Waals surface area (Å²) in [6.07, 6.45) is 3.85. The van der Waals surface area contributed by atoms with E-state index in [1.54, 1.807) is 9.36 Å². The quantitative estimate of drug-likeness (QED) is 0.557. The summed E-state index contributed by atoms with van der Waals surface area (Å²) in [6.45, 7) is 8.20. The maximum Gasteiger partial charge on any atom is 0.153 e. The van der Waals surface area contributed by atoms with Gasteiger partial charge in [-0.25, -0.2) is 19.3 Å². The first-order valence-electron chi connectivity index (χ1n) is 8.94. The van der Waals surface area contributed by atoms with E-state index in [0.717, 1.165) is 34.4 Å². The van der Waals surface area contributed by atoms with Crippen molar-refractivity contribution in [2.45, 2.75) is 33.1 Å². The zero-order valence-corrected chi connectivity index (χ0v) is 16.0. The molecule has 0 fully saturated rings. The van der Waals surface area contributed by atoms with Crippen molar-refractivity contribution in [2.24, 2.45) is 0 Å². The maximum absolute atomic E-state index is 4.85. The fraction of sp³-hybridized carbons (Fsp3) is 0.238. The summed E-state index contributed by atoms with van der Waals surface area (Å²) in [4.78, 5) is 9.70. The Kier molecular flexibility index (Phi) is 4.11. The van der Waals surface area contributed by atoms with E-state index in [0.29, 0.717) is 0 Å². The lowest BCUT2D eigenvalue weighted by atomic mass is 9.84. The van der Waals surface area contributed by atoms with Crippen LogP contribution in [-0.4, -0.2) is 29.5 Å². The molecule has 6 nitrogen and oxygen atoms in total. The van der Waals surface area contributed by atoms with E-state index in [-0.39, 0.29) is 5.41 Å². The zero-order valence-electron chi connectivity index (χ0n) is 16.0. The summed E-state index contributed by atoms with van der Waals surface area (Å²) in [5.74, 6) is 1.60. The lowest BCUT2D eigenvalue weighted by Gasteiger charge is -2.24. The summed E-state index contributed by atoms with van der Waals surface area (Å²) in [5, 5.41) is 8.92. The van der Waals surface area contributed by atoms with Gasteiger partial charge in [-0.2, -0.15) is 10.2 Å². The van der Waals surface area contributed by atoms with Gasteiger partial charge in [0.2, 0.25) is 0 Å². The van der Waals surface area contributed by atoms with Crippen LogP contribution in [0.25, 0.3) is 11.6 Å². The van der Waals surface area contributed by atoms with Crippen LogP contribution in [0.3, 0.4) is 0 Å². The van der Waals surface area contributed by atoms with E-state index in [9.17, 15) is 0 Å². The topological polar surface area (TPSA) is 61.4 Å². The number of nitrogens with zero attached hydrogens (tertiary/aromatic N) is 6. The second-order valence-corrected chi connectivity index (χ2v) is 7.19. The van der Waals surface area contributed by atoms with E-state index in [1.807, 2.05) is 74.8 Å². The van der Waals surface area contributed by atoms with Gasteiger partial charge in [-0.15, -0.1) is 0 Å². The molecule has 4 aromatic heterocycles. The highest BCUT2D eigenvalue weighted by Crippen LogP contribution is 2.29. The molecule has 0 atom stereocenters. The standard InChI is InChI=1S/C21H22N6/c1-15-11-13-26(24-15)19-9-5-7-17(22-19)21(3,4)18-8-6-10-20(23-18)27-14-12-16(2)25-27/h5-14H,1-4H3. The number of rotatable bonds is 4. The fourth-order valence-corrected chi connectivity index (χ4v) is 3.01. The molecule has 0 unspecified atom stereocenters. The molecule has 0 aromatic carbocycles. The minimum Gasteiger partial charge on any atom is -0.233 e. The SMILES string of the molecule is Cc1ccn(-c2cccc(C(C)(C)c3cccc(-n4ccc(C)n4)n3)n2)n1. The van der Waals surface area contributed by atoms with Gasteiger partial charge in [0.25, 0.3) is 0 Å². The van der Waals surface area contributed by atoms with Crippen molar-refractivity contribution in [3.63, 3.8) is 0 Å². The largest absolute Gasteiger partial charge is 0.233 e. The third-order valence-corrected chi connectivity index (χ3v) is 4.66. The number of aryl methyl sites for hydroxylation is 2. The summed E-state index contributed by atoms with van der Waals surface area (Å²) in [6, 6.07) is 15.9. The second kappa shape index (κ2) is 6.46. The average molecular weight is 358 g/mol. The van der Waals surface area contributed by atoms with E-state index in [2.05, 4.69) is 24.0 Å². The summed E-state index contributed by atoms with van der Waals surface area (Å²) in [5.41, 5.74) is 3.44. The maximum atomic E-state index is 4.85. The fourth-order valence-electron chi connectivity index (χ4n) is 3.01. The molecule has 0 saturated heterocycles. The summed E-state index contributed by atoms with van der Waals surface area (Å²) >= 11 is 0. The minimum absolute atomic E-state index is 0.365. The predicted octanol–water partition coefficient (Wildman–Crippen LogP) is 3.79. The Bertz CT molecular complexity index is 1000. The van der Waals surface area contributed by atoms with E-state index < -0.39 is 0 Å². The van der Waals surface area contributed by atoms with Crippen LogP contribution in [0.15, 0.2) is 60.9 Å². The Morgan fingerprint density at radius 3 is 1.48 bits per heavy atom. The van der Waals surface area contributed by atoms with Gasteiger partial charge in [0, 0.05) is 17.8 Å². The lowest BCUT2D eigenvalue weighted by molar-refractivity contribution is 0.588. The van der Waals surface area contributed by atoms with Crippen LogP contribution >= 0.6 is 0 Å². The van der Waals surface area contributed by atoms with E-state index in [1.165, 1.54) is 0 Å². The first-order valence-corrected chi connectivity index (χ1v) is 8.94. The summed E-state index contributed by atoms with van der Waals surface area (Å²) in [7, 11) is 0. The molecule has 27 heavy (non-hydrogen) atoms. The van der Waals surface area contributed by atoms with Crippen molar-refractivity contribution in [2.75, 3.05) is 0 Å². The van der Waals surface area contributed by atoms with Gasteiger partial charge in [-0.1, -0.05) is 12.1 Å². The van der Waals surface area contributed by atoms with E-state index >= 15 is 0 Å². The van der Waals surface area contributed by atoms with Gasteiger partial charge in [0.05, 0.1) is 22.8 Å². The van der Waals surface area contributed by atoms with Crippen LogP contribution in [0.5, 0.6) is 0 Å². The molecule has 0 aliphatic rings. The Labute approximate surface area is 158 Å². The number of aromatic nitrogens is 6. The lowest BCUT2D eigenvalue weighted by Crippen LogP contribution is -2.23. The predicted molar refractivity (Wildman–Crippen MR) is 104 cm³/mol. The Morgan fingerprint density at radius 2 is 1.11 bits per heavy atom.